The van der Waals surface area contributed by atoms with Gasteiger partial charge in [-0.05, 0) is 37.9 Å². The van der Waals surface area contributed by atoms with E-state index in [4.69, 9.17) is 5.73 Å². The third-order valence-corrected chi connectivity index (χ3v) is 4.84. The largest absolute Gasteiger partial charge is 0.356 e. The van der Waals surface area contributed by atoms with Crippen LogP contribution in [0.5, 0.6) is 0 Å². The van der Waals surface area contributed by atoms with E-state index in [1.807, 2.05) is 0 Å². The number of carbonyl (C=O) groups is 1. The molecule has 0 unspecified atom stereocenters. The lowest BCUT2D eigenvalue weighted by Gasteiger charge is -2.04. The minimum absolute atomic E-state index is 0.0189. The van der Waals surface area contributed by atoms with Crippen LogP contribution in [0.4, 0.5) is 0 Å². The fourth-order valence-corrected chi connectivity index (χ4v) is 3.52. The minimum atomic E-state index is -3.50. The summed E-state index contributed by atoms with van der Waals surface area (Å²) < 4.78 is 26.3. The predicted octanol–water partition coefficient (Wildman–Crippen LogP) is 0.360. The lowest BCUT2D eigenvalue weighted by molar-refractivity contribution is -0.121. The molecule has 1 amide bonds. The molecule has 0 saturated heterocycles. The SMILES string of the molecule is NCCCCNC(=O)CCCN=C1NS(=O)(=O)c2ccccc21. The summed E-state index contributed by atoms with van der Waals surface area (Å²) >= 11 is 0. The van der Waals surface area contributed by atoms with Crippen molar-refractivity contribution in [2.75, 3.05) is 19.6 Å². The van der Waals surface area contributed by atoms with Gasteiger partial charge in [-0.25, -0.2) is 8.42 Å². The van der Waals surface area contributed by atoms with Crippen LogP contribution < -0.4 is 15.8 Å². The Labute approximate surface area is 136 Å². The number of amidine groups is 1. The Bertz CT molecular complexity index is 686. The standard InChI is InChI=1S/C15H22N4O3S/c16-9-3-4-10-17-14(20)8-5-11-18-15-12-6-1-2-7-13(12)23(21,22)19-15/h1-2,6-7H,3-5,8-11,16H2,(H,17,20)(H,18,19). The molecule has 2 rings (SSSR count). The van der Waals surface area contributed by atoms with Gasteiger partial charge in [0.05, 0.1) is 4.90 Å². The summed E-state index contributed by atoms with van der Waals surface area (Å²) in [6.45, 7) is 1.66. The van der Waals surface area contributed by atoms with Crippen molar-refractivity contribution in [3.05, 3.63) is 29.8 Å². The van der Waals surface area contributed by atoms with Gasteiger partial charge in [0.2, 0.25) is 5.91 Å². The highest BCUT2D eigenvalue weighted by Gasteiger charge is 2.29. The van der Waals surface area contributed by atoms with E-state index in [0.29, 0.717) is 43.9 Å². The number of carbonyl (C=O) groups excluding carboxylic acids is 1. The molecule has 1 aromatic rings. The van der Waals surface area contributed by atoms with Crippen molar-refractivity contribution in [2.45, 2.75) is 30.6 Å². The van der Waals surface area contributed by atoms with Crippen LogP contribution in [0.3, 0.4) is 0 Å². The first-order valence-corrected chi connectivity index (χ1v) is 9.16. The van der Waals surface area contributed by atoms with Gasteiger partial charge in [0.1, 0.15) is 5.84 Å². The Morgan fingerprint density at radius 2 is 2.00 bits per heavy atom. The maximum Gasteiger partial charge on any atom is 0.263 e. The van der Waals surface area contributed by atoms with E-state index in [2.05, 4.69) is 15.0 Å². The van der Waals surface area contributed by atoms with Gasteiger partial charge < -0.3 is 11.1 Å². The van der Waals surface area contributed by atoms with E-state index >= 15 is 0 Å². The van der Waals surface area contributed by atoms with E-state index in [1.165, 1.54) is 0 Å². The van der Waals surface area contributed by atoms with Gasteiger partial charge >= 0.3 is 0 Å². The summed E-state index contributed by atoms with van der Waals surface area (Å²) in [5.41, 5.74) is 5.96. The Kier molecular flexibility index (Phi) is 6.12. The molecule has 1 heterocycles. The minimum Gasteiger partial charge on any atom is -0.356 e. The maximum atomic E-state index is 11.9. The van der Waals surface area contributed by atoms with Gasteiger partial charge in [-0.15, -0.1) is 0 Å². The summed E-state index contributed by atoms with van der Waals surface area (Å²) in [6.07, 6.45) is 2.71. The molecular weight excluding hydrogens is 316 g/mol. The summed E-state index contributed by atoms with van der Waals surface area (Å²) in [5, 5.41) is 2.82. The highest BCUT2D eigenvalue weighted by atomic mass is 32.2. The number of nitrogens with zero attached hydrogens (tertiary/aromatic N) is 1. The molecule has 0 saturated carbocycles. The Balaban J connectivity index is 1.80. The van der Waals surface area contributed by atoms with Crippen molar-refractivity contribution in [3.63, 3.8) is 0 Å². The lowest BCUT2D eigenvalue weighted by Crippen LogP contribution is -2.25. The van der Waals surface area contributed by atoms with Gasteiger partial charge in [-0.3, -0.25) is 14.5 Å². The molecule has 0 atom stereocenters. The van der Waals surface area contributed by atoms with E-state index in [-0.39, 0.29) is 10.8 Å². The van der Waals surface area contributed by atoms with E-state index in [1.54, 1.807) is 24.3 Å². The molecule has 1 aliphatic rings. The topological polar surface area (TPSA) is 114 Å². The number of aliphatic imine (C=N–C) groups is 1. The Morgan fingerprint density at radius 1 is 1.22 bits per heavy atom. The van der Waals surface area contributed by atoms with Gasteiger partial charge in [0.25, 0.3) is 10.0 Å². The van der Waals surface area contributed by atoms with Crippen LogP contribution in [0.1, 0.15) is 31.2 Å². The average molecular weight is 338 g/mol. The van der Waals surface area contributed by atoms with Crippen molar-refractivity contribution >= 4 is 21.8 Å². The molecule has 1 aromatic carbocycles. The summed E-state index contributed by atoms with van der Waals surface area (Å²) in [7, 11) is -3.50. The molecule has 0 aliphatic carbocycles. The van der Waals surface area contributed by atoms with Crippen LogP contribution in [-0.2, 0) is 14.8 Å². The number of rotatable bonds is 8. The molecule has 8 heteroatoms. The maximum absolute atomic E-state index is 11.9. The molecule has 0 radical (unpaired) electrons. The molecule has 23 heavy (non-hydrogen) atoms. The third kappa shape index (κ3) is 4.77. The molecule has 1 aliphatic heterocycles. The van der Waals surface area contributed by atoms with Gasteiger partial charge in [0, 0.05) is 25.1 Å². The molecule has 0 aromatic heterocycles. The van der Waals surface area contributed by atoms with E-state index < -0.39 is 10.0 Å². The van der Waals surface area contributed by atoms with Crippen molar-refractivity contribution in [2.24, 2.45) is 10.7 Å². The molecule has 126 valence electrons. The molecule has 0 spiro atoms. The number of amides is 1. The number of fused-ring (bicyclic) bond motifs is 1. The van der Waals surface area contributed by atoms with Crippen LogP contribution in [0.15, 0.2) is 34.2 Å². The summed E-state index contributed by atoms with van der Waals surface area (Å²) in [4.78, 5) is 16.1. The van der Waals surface area contributed by atoms with Crippen molar-refractivity contribution in [3.8, 4) is 0 Å². The van der Waals surface area contributed by atoms with Crippen LogP contribution in [-0.4, -0.2) is 39.8 Å². The van der Waals surface area contributed by atoms with Gasteiger partial charge in [-0.2, -0.15) is 0 Å². The zero-order valence-electron chi connectivity index (χ0n) is 12.9. The number of nitrogens with two attached hydrogens (primary N) is 1. The second-order valence-electron chi connectivity index (χ2n) is 5.28. The van der Waals surface area contributed by atoms with Gasteiger partial charge in [0.15, 0.2) is 0 Å². The Hall–Kier alpha value is -1.93. The number of nitrogens with one attached hydrogen (secondary N) is 2. The predicted molar refractivity (Wildman–Crippen MR) is 88.7 cm³/mol. The molecule has 4 N–H and O–H groups in total. The Morgan fingerprint density at radius 3 is 2.78 bits per heavy atom. The van der Waals surface area contributed by atoms with E-state index in [9.17, 15) is 13.2 Å². The fraction of sp³-hybridized carbons (Fsp3) is 0.467. The zero-order valence-corrected chi connectivity index (χ0v) is 13.7. The number of unbranched alkanes of at least 4 members (excludes halogenated alkanes) is 1. The highest BCUT2D eigenvalue weighted by molar-refractivity contribution is 7.90. The van der Waals surface area contributed by atoms with Crippen LogP contribution in [0.25, 0.3) is 0 Å². The quantitative estimate of drug-likeness (QED) is 0.594. The first-order chi connectivity index (χ1) is 11.0. The number of hydrogen-bond donors (Lipinski definition) is 3. The van der Waals surface area contributed by atoms with Crippen LogP contribution in [0, 0.1) is 0 Å². The second-order valence-corrected chi connectivity index (χ2v) is 6.93. The summed E-state index contributed by atoms with van der Waals surface area (Å²) in [5.74, 6) is 0.332. The zero-order chi connectivity index (χ0) is 16.7. The van der Waals surface area contributed by atoms with Crippen molar-refractivity contribution < 1.29 is 13.2 Å². The molecule has 0 bridgehead atoms. The third-order valence-electron chi connectivity index (χ3n) is 3.45. The smallest absolute Gasteiger partial charge is 0.263 e. The first kappa shape index (κ1) is 17.4. The van der Waals surface area contributed by atoms with Crippen molar-refractivity contribution in [1.29, 1.82) is 0 Å². The monoisotopic (exact) mass is 338 g/mol. The van der Waals surface area contributed by atoms with E-state index in [0.717, 1.165) is 12.8 Å². The van der Waals surface area contributed by atoms with Crippen LogP contribution >= 0.6 is 0 Å². The highest BCUT2D eigenvalue weighted by Crippen LogP contribution is 2.22. The first-order valence-electron chi connectivity index (χ1n) is 7.68. The van der Waals surface area contributed by atoms with Crippen molar-refractivity contribution in [1.82, 2.24) is 10.0 Å². The average Bonchev–Trinajstić information content (AvgIpc) is 2.80. The molecule has 0 fully saturated rings. The second kappa shape index (κ2) is 8.07. The summed E-state index contributed by atoms with van der Waals surface area (Å²) in [6, 6.07) is 6.71. The normalized spacial score (nSPS) is 16.8. The van der Waals surface area contributed by atoms with Crippen LogP contribution in [0.2, 0.25) is 0 Å². The fourth-order valence-electron chi connectivity index (χ4n) is 2.27. The molecular formula is C15H22N4O3S. The number of sulfonamides is 1. The lowest BCUT2D eigenvalue weighted by atomic mass is 10.2. The van der Waals surface area contributed by atoms with Gasteiger partial charge in [-0.1, -0.05) is 12.1 Å². The molecule has 7 nitrogen and oxygen atoms in total. The number of benzene rings is 1. The number of hydrogen-bond acceptors (Lipinski definition) is 5.